The van der Waals surface area contributed by atoms with E-state index in [0.29, 0.717) is 18.0 Å². The van der Waals surface area contributed by atoms with Crippen LogP contribution in [0.1, 0.15) is 37.6 Å². The zero-order valence-electron chi connectivity index (χ0n) is 10.9. The van der Waals surface area contributed by atoms with Gasteiger partial charge in [-0.1, -0.05) is 19.9 Å². The Morgan fingerprint density at radius 1 is 1.53 bits per heavy atom. The van der Waals surface area contributed by atoms with E-state index in [1.807, 2.05) is 12.3 Å². The van der Waals surface area contributed by atoms with Gasteiger partial charge in [-0.15, -0.1) is 0 Å². The Labute approximate surface area is 104 Å². The second-order valence-electron chi connectivity index (χ2n) is 5.11. The Balaban J connectivity index is 2.05. The Morgan fingerprint density at radius 3 is 3.06 bits per heavy atom. The van der Waals surface area contributed by atoms with Gasteiger partial charge >= 0.3 is 0 Å². The Hall–Kier alpha value is -0.930. The van der Waals surface area contributed by atoms with Crippen LogP contribution < -0.4 is 5.32 Å². The summed E-state index contributed by atoms with van der Waals surface area (Å²) in [6, 6.07) is 5.01. The first-order valence-corrected chi connectivity index (χ1v) is 6.41. The van der Waals surface area contributed by atoms with Crippen molar-refractivity contribution in [3.8, 4) is 0 Å². The SMILES string of the molecule is COCC(NC1CCc2cccnc21)C(C)C. The van der Waals surface area contributed by atoms with Crippen molar-refractivity contribution >= 4 is 0 Å². The summed E-state index contributed by atoms with van der Waals surface area (Å²) in [7, 11) is 1.76. The van der Waals surface area contributed by atoms with Crippen LogP contribution in [0.15, 0.2) is 18.3 Å². The molecule has 1 heterocycles. The summed E-state index contributed by atoms with van der Waals surface area (Å²) in [5, 5.41) is 3.68. The molecule has 17 heavy (non-hydrogen) atoms. The number of nitrogens with zero attached hydrogens (tertiary/aromatic N) is 1. The van der Waals surface area contributed by atoms with E-state index < -0.39 is 0 Å². The third-order valence-corrected chi connectivity index (χ3v) is 3.52. The van der Waals surface area contributed by atoms with Crippen LogP contribution in [-0.2, 0) is 11.2 Å². The minimum absolute atomic E-state index is 0.397. The molecule has 0 saturated heterocycles. The molecule has 2 rings (SSSR count). The smallest absolute Gasteiger partial charge is 0.0618 e. The second-order valence-corrected chi connectivity index (χ2v) is 5.11. The van der Waals surface area contributed by atoms with E-state index >= 15 is 0 Å². The summed E-state index contributed by atoms with van der Waals surface area (Å²) in [4.78, 5) is 4.51. The summed E-state index contributed by atoms with van der Waals surface area (Å²) < 4.78 is 5.28. The fraction of sp³-hybridized carbons (Fsp3) is 0.643. The monoisotopic (exact) mass is 234 g/mol. The quantitative estimate of drug-likeness (QED) is 0.849. The van der Waals surface area contributed by atoms with Crippen molar-refractivity contribution in [2.45, 2.75) is 38.8 Å². The summed E-state index contributed by atoms with van der Waals surface area (Å²) >= 11 is 0. The molecule has 0 radical (unpaired) electrons. The Bertz CT molecular complexity index is 365. The lowest BCUT2D eigenvalue weighted by molar-refractivity contribution is 0.140. The average molecular weight is 234 g/mol. The topological polar surface area (TPSA) is 34.1 Å². The fourth-order valence-corrected chi connectivity index (χ4v) is 2.45. The van der Waals surface area contributed by atoms with E-state index in [2.05, 4.69) is 30.2 Å². The fourth-order valence-electron chi connectivity index (χ4n) is 2.45. The van der Waals surface area contributed by atoms with E-state index in [-0.39, 0.29) is 0 Å². The Kier molecular flexibility index (Phi) is 4.13. The van der Waals surface area contributed by atoms with Crippen LogP contribution >= 0.6 is 0 Å². The van der Waals surface area contributed by atoms with Crippen molar-refractivity contribution in [1.29, 1.82) is 0 Å². The van der Waals surface area contributed by atoms with Crippen LogP contribution in [0.2, 0.25) is 0 Å². The van der Waals surface area contributed by atoms with Gasteiger partial charge in [0, 0.05) is 19.3 Å². The van der Waals surface area contributed by atoms with Crippen LogP contribution in [0, 0.1) is 5.92 Å². The van der Waals surface area contributed by atoms with Gasteiger partial charge in [-0.3, -0.25) is 4.98 Å². The van der Waals surface area contributed by atoms with Crippen molar-refractivity contribution in [2.75, 3.05) is 13.7 Å². The number of methoxy groups -OCH3 is 1. The number of fused-ring (bicyclic) bond motifs is 1. The Morgan fingerprint density at radius 2 is 2.35 bits per heavy atom. The number of rotatable bonds is 5. The first-order valence-electron chi connectivity index (χ1n) is 6.41. The summed E-state index contributed by atoms with van der Waals surface area (Å²) in [5.74, 6) is 0.572. The van der Waals surface area contributed by atoms with Gasteiger partial charge in [-0.2, -0.15) is 0 Å². The molecule has 1 aromatic heterocycles. The van der Waals surface area contributed by atoms with Gasteiger partial charge in [0.15, 0.2) is 0 Å². The maximum atomic E-state index is 5.28. The summed E-state index contributed by atoms with van der Waals surface area (Å²) in [5.41, 5.74) is 2.62. The molecule has 0 fully saturated rings. The molecular weight excluding hydrogens is 212 g/mol. The zero-order valence-corrected chi connectivity index (χ0v) is 10.9. The van der Waals surface area contributed by atoms with E-state index in [4.69, 9.17) is 4.74 Å². The van der Waals surface area contributed by atoms with Crippen LogP contribution in [-0.4, -0.2) is 24.7 Å². The molecule has 0 bridgehead atoms. The third-order valence-electron chi connectivity index (χ3n) is 3.52. The summed E-state index contributed by atoms with van der Waals surface area (Å²) in [6.45, 7) is 5.21. The minimum Gasteiger partial charge on any atom is -0.383 e. The highest BCUT2D eigenvalue weighted by Gasteiger charge is 2.26. The molecule has 0 amide bonds. The molecule has 94 valence electrons. The molecule has 0 saturated carbocycles. The number of hydrogen-bond acceptors (Lipinski definition) is 3. The van der Waals surface area contributed by atoms with Gasteiger partial charge in [0.1, 0.15) is 0 Å². The van der Waals surface area contributed by atoms with E-state index in [0.717, 1.165) is 19.4 Å². The second kappa shape index (κ2) is 5.61. The molecule has 1 aliphatic rings. The number of ether oxygens (including phenoxy) is 1. The van der Waals surface area contributed by atoms with Gasteiger partial charge in [-0.25, -0.2) is 0 Å². The zero-order chi connectivity index (χ0) is 12.3. The number of pyridine rings is 1. The molecule has 0 aliphatic heterocycles. The number of hydrogen-bond donors (Lipinski definition) is 1. The highest BCUT2D eigenvalue weighted by Crippen LogP contribution is 2.29. The van der Waals surface area contributed by atoms with Crippen molar-refractivity contribution in [1.82, 2.24) is 10.3 Å². The maximum Gasteiger partial charge on any atom is 0.0618 e. The van der Waals surface area contributed by atoms with Crippen molar-refractivity contribution in [3.05, 3.63) is 29.6 Å². The van der Waals surface area contributed by atoms with Gasteiger partial charge in [0.2, 0.25) is 0 Å². The normalized spacial score (nSPS) is 20.6. The van der Waals surface area contributed by atoms with E-state index in [9.17, 15) is 0 Å². The van der Waals surface area contributed by atoms with Gasteiger partial charge < -0.3 is 10.1 Å². The average Bonchev–Trinajstić information content (AvgIpc) is 2.72. The largest absolute Gasteiger partial charge is 0.383 e. The molecule has 1 N–H and O–H groups in total. The van der Waals surface area contributed by atoms with E-state index in [1.54, 1.807) is 7.11 Å². The van der Waals surface area contributed by atoms with Crippen LogP contribution in [0.25, 0.3) is 0 Å². The van der Waals surface area contributed by atoms with Crippen LogP contribution in [0.4, 0.5) is 0 Å². The number of aryl methyl sites for hydroxylation is 1. The maximum absolute atomic E-state index is 5.28. The molecule has 1 aliphatic carbocycles. The minimum atomic E-state index is 0.397. The molecule has 2 atom stereocenters. The predicted octanol–water partition coefficient (Wildman–Crippen LogP) is 2.33. The highest BCUT2D eigenvalue weighted by atomic mass is 16.5. The van der Waals surface area contributed by atoms with Crippen LogP contribution in [0.5, 0.6) is 0 Å². The third kappa shape index (κ3) is 2.85. The standard InChI is InChI=1S/C14H22N2O/c1-10(2)13(9-17-3)16-12-7-6-11-5-4-8-15-14(11)12/h4-5,8,10,12-13,16H,6-7,9H2,1-3H3. The number of aromatic nitrogens is 1. The molecule has 3 heteroatoms. The van der Waals surface area contributed by atoms with E-state index in [1.165, 1.54) is 11.3 Å². The predicted molar refractivity (Wildman–Crippen MR) is 68.9 cm³/mol. The van der Waals surface area contributed by atoms with Crippen molar-refractivity contribution in [2.24, 2.45) is 5.92 Å². The van der Waals surface area contributed by atoms with Gasteiger partial charge in [-0.05, 0) is 30.4 Å². The number of nitrogens with one attached hydrogen (secondary N) is 1. The molecule has 2 unspecified atom stereocenters. The van der Waals surface area contributed by atoms with Crippen LogP contribution in [0.3, 0.4) is 0 Å². The van der Waals surface area contributed by atoms with Gasteiger partial charge in [0.25, 0.3) is 0 Å². The molecule has 0 spiro atoms. The highest BCUT2D eigenvalue weighted by molar-refractivity contribution is 5.28. The molecule has 3 nitrogen and oxygen atoms in total. The van der Waals surface area contributed by atoms with Gasteiger partial charge in [0.05, 0.1) is 18.3 Å². The molecule has 1 aromatic rings. The lowest BCUT2D eigenvalue weighted by Crippen LogP contribution is -2.39. The molecule has 0 aromatic carbocycles. The first-order chi connectivity index (χ1) is 8.22. The lowest BCUT2D eigenvalue weighted by atomic mass is 10.0. The van der Waals surface area contributed by atoms with Crippen molar-refractivity contribution in [3.63, 3.8) is 0 Å². The lowest BCUT2D eigenvalue weighted by Gasteiger charge is -2.25. The first kappa shape index (κ1) is 12.5. The summed E-state index contributed by atoms with van der Waals surface area (Å²) in [6.07, 6.45) is 4.18. The molecular formula is C14H22N2O. The van der Waals surface area contributed by atoms with Crippen molar-refractivity contribution < 1.29 is 4.74 Å².